The van der Waals surface area contributed by atoms with Gasteiger partial charge in [0, 0.05) is 44.4 Å². The molecule has 0 spiro atoms. The average Bonchev–Trinajstić information content (AvgIpc) is 3.30. The van der Waals surface area contributed by atoms with E-state index in [1.54, 1.807) is 4.90 Å². The van der Waals surface area contributed by atoms with E-state index in [2.05, 4.69) is 11.0 Å². The Bertz CT molecular complexity index is 448. The molecule has 2 saturated carbocycles. The number of carbonyl (C=O) groups excluding carboxylic acids is 1. The van der Waals surface area contributed by atoms with Crippen LogP contribution in [-0.4, -0.2) is 53.3 Å². The third kappa shape index (κ3) is 3.18. The number of nitriles is 1. The van der Waals surface area contributed by atoms with Crippen LogP contribution >= 0.6 is 0 Å². The van der Waals surface area contributed by atoms with Gasteiger partial charge in [0.05, 0.1) is 6.07 Å². The summed E-state index contributed by atoms with van der Waals surface area (Å²) in [6.07, 6.45) is 2.45. The summed E-state index contributed by atoms with van der Waals surface area (Å²) in [6.45, 7) is 1.79. The molecule has 4 nitrogen and oxygen atoms in total. The molecule has 3 rings (SSSR count). The van der Waals surface area contributed by atoms with E-state index in [1.807, 2.05) is 0 Å². The molecule has 1 heterocycles. The predicted octanol–water partition coefficient (Wildman–Crippen LogP) is 2.01. The Hall–Kier alpha value is -1.22. The molecule has 6 heteroatoms. The minimum absolute atomic E-state index is 0.0267. The van der Waals surface area contributed by atoms with Gasteiger partial charge in [-0.3, -0.25) is 9.69 Å². The Kier molecular flexibility index (Phi) is 3.87. The molecule has 2 aliphatic carbocycles. The first-order chi connectivity index (χ1) is 10.00. The molecule has 1 atom stereocenters. The Labute approximate surface area is 123 Å². The van der Waals surface area contributed by atoms with Gasteiger partial charge in [-0.25, -0.2) is 8.78 Å². The fourth-order valence-electron chi connectivity index (χ4n) is 3.50. The lowest BCUT2D eigenvalue weighted by atomic mass is 9.85. The van der Waals surface area contributed by atoms with Gasteiger partial charge in [0.2, 0.25) is 11.8 Å². The van der Waals surface area contributed by atoms with E-state index in [9.17, 15) is 18.8 Å². The van der Waals surface area contributed by atoms with Crippen LogP contribution in [0.15, 0.2) is 0 Å². The number of hydrogen-bond donors (Lipinski definition) is 0. The number of alkyl halides is 2. The smallest absolute Gasteiger partial charge is 0.248 e. The molecule has 0 aromatic carbocycles. The quantitative estimate of drug-likeness (QED) is 0.783. The fourth-order valence-corrected chi connectivity index (χ4v) is 3.50. The Morgan fingerprint density at radius 3 is 2.38 bits per heavy atom. The number of amides is 1. The summed E-state index contributed by atoms with van der Waals surface area (Å²) >= 11 is 0. The summed E-state index contributed by atoms with van der Waals surface area (Å²) in [6, 6.07) is 2.57. The number of halogens is 2. The minimum Gasteiger partial charge on any atom is -0.339 e. The highest BCUT2D eigenvalue weighted by atomic mass is 19.3. The van der Waals surface area contributed by atoms with Crippen LogP contribution in [-0.2, 0) is 4.79 Å². The zero-order valence-corrected chi connectivity index (χ0v) is 12.1. The van der Waals surface area contributed by atoms with Gasteiger partial charge in [-0.1, -0.05) is 0 Å². The molecule has 0 aromatic heterocycles. The van der Waals surface area contributed by atoms with Gasteiger partial charge < -0.3 is 4.90 Å². The molecular weight excluding hydrogens is 276 g/mol. The van der Waals surface area contributed by atoms with Gasteiger partial charge in [0.25, 0.3) is 0 Å². The summed E-state index contributed by atoms with van der Waals surface area (Å²) in [5, 5.41) is 9.29. The van der Waals surface area contributed by atoms with Crippen molar-refractivity contribution in [1.82, 2.24) is 9.80 Å². The highest BCUT2D eigenvalue weighted by Crippen LogP contribution is 2.37. The van der Waals surface area contributed by atoms with Crippen molar-refractivity contribution in [2.75, 3.05) is 19.6 Å². The number of nitrogens with zero attached hydrogens (tertiary/aromatic N) is 3. The SMILES string of the molecule is N#CC1CN(C(=O)C2CCC(F)(F)CC2)CCN1C1CC1. The molecular formula is C15H21F2N3O. The molecule has 116 valence electrons. The maximum absolute atomic E-state index is 13.2. The first-order valence-corrected chi connectivity index (χ1v) is 7.82. The second kappa shape index (κ2) is 5.53. The normalized spacial score (nSPS) is 30.9. The lowest BCUT2D eigenvalue weighted by molar-refractivity contribution is -0.142. The van der Waals surface area contributed by atoms with Crippen molar-refractivity contribution in [2.45, 2.75) is 56.5 Å². The van der Waals surface area contributed by atoms with Crippen LogP contribution in [0, 0.1) is 17.2 Å². The van der Waals surface area contributed by atoms with Crippen molar-refractivity contribution in [1.29, 1.82) is 5.26 Å². The molecule has 0 radical (unpaired) electrons. The molecule has 0 aromatic rings. The van der Waals surface area contributed by atoms with Crippen LogP contribution in [0.2, 0.25) is 0 Å². The van der Waals surface area contributed by atoms with Crippen LogP contribution in [0.1, 0.15) is 38.5 Å². The van der Waals surface area contributed by atoms with Crippen molar-refractivity contribution in [3.63, 3.8) is 0 Å². The van der Waals surface area contributed by atoms with Crippen LogP contribution in [0.25, 0.3) is 0 Å². The molecule has 1 amide bonds. The molecule has 1 saturated heterocycles. The van der Waals surface area contributed by atoms with Crippen molar-refractivity contribution in [2.24, 2.45) is 5.92 Å². The molecule has 1 unspecified atom stereocenters. The molecule has 3 aliphatic rings. The lowest BCUT2D eigenvalue weighted by Crippen LogP contribution is -2.56. The van der Waals surface area contributed by atoms with E-state index in [0.29, 0.717) is 19.1 Å². The van der Waals surface area contributed by atoms with E-state index in [4.69, 9.17) is 0 Å². The van der Waals surface area contributed by atoms with E-state index in [1.165, 1.54) is 0 Å². The monoisotopic (exact) mass is 297 g/mol. The summed E-state index contributed by atoms with van der Waals surface area (Å²) in [4.78, 5) is 16.4. The van der Waals surface area contributed by atoms with Crippen LogP contribution < -0.4 is 0 Å². The third-order valence-corrected chi connectivity index (χ3v) is 4.96. The van der Waals surface area contributed by atoms with Crippen molar-refractivity contribution in [3.05, 3.63) is 0 Å². The van der Waals surface area contributed by atoms with Crippen molar-refractivity contribution < 1.29 is 13.6 Å². The maximum Gasteiger partial charge on any atom is 0.248 e. The summed E-state index contributed by atoms with van der Waals surface area (Å²) in [5.74, 6) is -2.91. The number of hydrogen-bond acceptors (Lipinski definition) is 3. The maximum atomic E-state index is 13.2. The molecule has 3 fully saturated rings. The van der Waals surface area contributed by atoms with Crippen LogP contribution in [0.5, 0.6) is 0 Å². The molecule has 21 heavy (non-hydrogen) atoms. The highest BCUT2D eigenvalue weighted by Gasteiger charge is 2.42. The van der Waals surface area contributed by atoms with Gasteiger partial charge in [0.15, 0.2) is 0 Å². The summed E-state index contributed by atoms with van der Waals surface area (Å²) in [5.41, 5.74) is 0. The zero-order chi connectivity index (χ0) is 15.0. The first-order valence-electron chi connectivity index (χ1n) is 7.82. The Morgan fingerprint density at radius 2 is 1.81 bits per heavy atom. The largest absolute Gasteiger partial charge is 0.339 e. The van der Waals surface area contributed by atoms with Crippen LogP contribution in [0.4, 0.5) is 8.78 Å². The van der Waals surface area contributed by atoms with Gasteiger partial charge in [-0.2, -0.15) is 5.26 Å². The highest BCUT2D eigenvalue weighted by molar-refractivity contribution is 5.79. The number of piperazine rings is 1. The summed E-state index contributed by atoms with van der Waals surface area (Å²) in [7, 11) is 0. The third-order valence-electron chi connectivity index (χ3n) is 4.96. The predicted molar refractivity (Wildman–Crippen MR) is 72.6 cm³/mol. The standard InChI is InChI=1S/C15H21F2N3O/c16-15(17)5-3-11(4-6-15)14(21)19-7-8-20(12-1-2-12)13(9-18)10-19/h11-13H,1-8,10H2. The molecule has 1 aliphatic heterocycles. The summed E-state index contributed by atoms with van der Waals surface area (Å²) < 4.78 is 26.3. The average molecular weight is 297 g/mol. The van der Waals surface area contributed by atoms with E-state index in [0.717, 1.165) is 19.4 Å². The van der Waals surface area contributed by atoms with Crippen molar-refractivity contribution in [3.8, 4) is 6.07 Å². The van der Waals surface area contributed by atoms with Gasteiger partial charge in [-0.15, -0.1) is 0 Å². The van der Waals surface area contributed by atoms with Gasteiger partial charge in [0.1, 0.15) is 6.04 Å². The topological polar surface area (TPSA) is 47.3 Å². The lowest BCUT2D eigenvalue weighted by Gasteiger charge is -2.40. The van der Waals surface area contributed by atoms with Gasteiger partial charge >= 0.3 is 0 Å². The Balaban J connectivity index is 1.57. The van der Waals surface area contributed by atoms with E-state index < -0.39 is 5.92 Å². The second-order valence-corrected chi connectivity index (χ2v) is 6.53. The van der Waals surface area contributed by atoms with E-state index in [-0.39, 0.29) is 43.6 Å². The van der Waals surface area contributed by atoms with Crippen LogP contribution in [0.3, 0.4) is 0 Å². The Morgan fingerprint density at radius 1 is 1.14 bits per heavy atom. The number of rotatable bonds is 2. The van der Waals surface area contributed by atoms with E-state index >= 15 is 0 Å². The molecule has 0 bridgehead atoms. The van der Waals surface area contributed by atoms with Gasteiger partial charge in [-0.05, 0) is 25.7 Å². The zero-order valence-electron chi connectivity index (χ0n) is 12.1. The fraction of sp³-hybridized carbons (Fsp3) is 0.867. The second-order valence-electron chi connectivity index (χ2n) is 6.53. The first kappa shape index (κ1) is 14.7. The minimum atomic E-state index is -2.60. The molecule has 0 N–H and O–H groups in total. The van der Waals surface area contributed by atoms with Crippen molar-refractivity contribution >= 4 is 5.91 Å². The number of carbonyl (C=O) groups is 1.